The van der Waals surface area contributed by atoms with Crippen LogP contribution in [0.2, 0.25) is 0 Å². The molecule has 1 N–H and O–H groups in total. The summed E-state index contributed by atoms with van der Waals surface area (Å²) >= 11 is 1.27. The smallest absolute Gasteiger partial charge is 0.350 e. The van der Waals surface area contributed by atoms with Crippen LogP contribution in [0.1, 0.15) is 34.1 Å². The minimum absolute atomic E-state index is 0.416. The van der Waals surface area contributed by atoms with Crippen molar-refractivity contribution in [3.63, 3.8) is 0 Å². The van der Waals surface area contributed by atoms with Crippen LogP contribution in [0.3, 0.4) is 0 Å². The zero-order valence-electron chi connectivity index (χ0n) is 17.0. The number of methoxy groups -OCH3 is 1. The van der Waals surface area contributed by atoms with E-state index in [2.05, 4.69) is 10.2 Å². The summed E-state index contributed by atoms with van der Waals surface area (Å²) in [6.45, 7) is 3.40. The van der Waals surface area contributed by atoms with E-state index < -0.39 is 18.0 Å². The Labute approximate surface area is 180 Å². The van der Waals surface area contributed by atoms with E-state index in [-0.39, 0.29) is 0 Å². The lowest BCUT2D eigenvalue weighted by atomic mass is 9.79. The summed E-state index contributed by atoms with van der Waals surface area (Å²) in [5.41, 5.74) is 1.32. The number of ether oxygens (including phenoxy) is 2. The van der Waals surface area contributed by atoms with Gasteiger partial charge in [-0.25, -0.2) is 9.59 Å². The molecule has 6 nitrogen and oxygen atoms in total. The van der Waals surface area contributed by atoms with Crippen molar-refractivity contribution in [3.05, 3.63) is 64.6 Å². The van der Waals surface area contributed by atoms with Gasteiger partial charge in [0, 0.05) is 6.54 Å². The van der Waals surface area contributed by atoms with E-state index in [0.29, 0.717) is 22.4 Å². The van der Waals surface area contributed by atoms with E-state index in [1.165, 1.54) is 44.4 Å². The number of esters is 2. The first kappa shape index (κ1) is 20.6. The molecule has 30 heavy (non-hydrogen) atoms. The number of fused-ring (bicyclic) bond motifs is 3. The van der Waals surface area contributed by atoms with Gasteiger partial charge in [0.05, 0.1) is 19.1 Å². The molecule has 1 aromatic heterocycles. The number of carbonyl (C=O) groups is 2. The van der Waals surface area contributed by atoms with Crippen molar-refractivity contribution < 1.29 is 19.1 Å². The normalized spacial score (nSPS) is 23.8. The minimum Gasteiger partial charge on any atom is -0.465 e. The molecule has 0 spiro atoms. The second-order valence-corrected chi connectivity index (χ2v) is 8.63. The van der Waals surface area contributed by atoms with Gasteiger partial charge in [0.1, 0.15) is 4.88 Å². The molecule has 1 aromatic carbocycles. The van der Waals surface area contributed by atoms with Crippen LogP contribution in [0.25, 0.3) is 0 Å². The lowest BCUT2D eigenvalue weighted by molar-refractivity contribution is -0.139. The van der Waals surface area contributed by atoms with E-state index in [1.54, 1.807) is 17.7 Å². The van der Waals surface area contributed by atoms with Crippen LogP contribution in [0.5, 0.6) is 0 Å². The van der Waals surface area contributed by atoms with Gasteiger partial charge in [-0.15, -0.1) is 11.3 Å². The van der Waals surface area contributed by atoms with Gasteiger partial charge in [0.15, 0.2) is 6.04 Å². The Morgan fingerprint density at radius 1 is 1.20 bits per heavy atom. The van der Waals surface area contributed by atoms with Gasteiger partial charge in [0.25, 0.3) is 0 Å². The average Bonchev–Trinajstić information content (AvgIpc) is 3.26. The predicted octanol–water partition coefficient (Wildman–Crippen LogP) is 4.09. The molecule has 3 saturated heterocycles. The highest BCUT2D eigenvalue weighted by molar-refractivity contribution is 7.12. The molecule has 3 aliphatic rings. The summed E-state index contributed by atoms with van der Waals surface area (Å²) in [6, 6.07) is 10.4. The monoisotopic (exact) mass is 426 g/mol. The molecule has 158 valence electrons. The van der Waals surface area contributed by atoms with Crippen molar-refractivity contribution in [2.45, 2.75) is 18.9 Å². The quantitative estimate of drug-likeness (QED) is 0.531. The molecular weight excluding hydrogens is 400 g/mol. The van der Waals surface area contributed by atoms with E-state index in [1.807, 2.05) is 36.4 Å². The maximum atomic E-state index is 13.0. The van der Waals surface area contributed by atoms with Crippen molar-refractivity contribution in [3.8, 4) is 0 Å². The van der Waals surface area contributed by atoms with Gasteiger partial charge >= 0.3 is 11.9 Å². The molecule has 0 saturated carbocycles. The first-order chi connectivity index (χ1) is 14.7. The summed E-state index contributed by atoms with van der Waals surface area (Å²) < 4.78 is 10.4. The van der Waals surface area contributed by atoms with Gasteiger partial charge in [0.2, 0.25) is 0 Å². The lowest BCUT2D eigenvalue weighted by Crippen LogP contribution is -2.46. The molecular formula is C23H26N2O4S. The van der Waals surface area contributed by atoms with Crippen molar-refractivity contribution in [2.24, 2.45) is 11.8 Å². The minimum atomic E-state index is -0.736. The fourth-order valence-electron chi connectivity index (χ4n) is 4.26. The Bertz CT molecular complexity index is 903. The Morgan fingerprint density at radius 3 is 2.63 bits per heavy atom. The molecule has 3 aliphatic heterocycles. The highest BCUT2D eigenvalue weighted by Gasteiger charge is 2.32. The zero-order valence-corrected chi connectivity index (χ0v) is 17.8. The van der Waals surface area contributed by atoms with Crippen LogP contribution < -0.4 is 5.32 Å². The van der Waals surface area contributed by atoms with Crippen LogP contribution in [-0.2, 0) is 14.3 Å². The van der Waals surface area contributed by atoms with Crippen molar-refractivity contribution >= 4 is 29.0 Å². The van der Waals surface area contributed by atoms with Crippen LogP contribution in [0.15, 0.2) is 54.1 Å². The van der Waals surface area contributed by atoms with Crippen molar-refractivity contribution in [2.75, 3.05) is 32.1 Å². The number of nitrogens with one attached hydrogen (secondary N) is 1. The SMILES string of the molecule is COC(=O)c1sccc1NC(C(=O)OC=CC1CN2CCC1CC2)c1ccccc1. The Hall–Kier alpha value is -2.64. The number of hydrogen-bond acceptors (Lipinski definition) is 7. The molecule has 7 heteroatoms. The number of nitrogens with zero attached hydrogens (tertiary/aromatic N) is 1. The molecule has 2 unspecified atom stereocenters. The number of piperidine rings is 3. The number of carbonyl (C=O) groups excluding carboxylic acids is 2. The molecule has 0 aliphatic carbocycles. The van der Waals surface area contributed by atoms with E-state index in [4.69, 9.17) is 9.47 Å². The van der Waals surface area contributed by atoms with Crippen LogP contribution >= 0.6 is 11.3 Å². The van der Waals surface area contributed by atoms with Gasteiger partial charge in [-0.1, -0.05) is 30.3 Å². The molecule has 0 radical (unpaired) electrons. The van der Waals surface area contributed by atoms with Crippen molar-refractivity contribution in [1.82, 2.24) is 4.90 Å². The van der Waals surface area contributed by atoms with E-state index in [0.717, 1.165) is 12.1 Å². The number of hydrogen-bond donors (Lipinski definition) is 1. The summed E-state index contributed by atoms with van der Waals surface area (Å²) in [7, 11) is 1.34. The highest BCUT2D eigenvalue weighted by atomic mass is 32.1. The Kier molecular flexibility index (Phi) is 6.50. The average molecular weight is 427 g/mol. The van der Waals surface area contributed by atoms with Gasteiger partial charge < -0.3 is 19.7 Å². The largest absolute Gasteiger partial charge is 0.465 e. The second-order valence-electron chi connectivity index (χ2n) is 7.71. The maximum Gasteiger partial charge on any atom is 0.350 e. The van der Waals surface area contributed by atoms with Gasteiger partial charge in [-0.3, -0.25) is 0 Å². The highest BCUT2D eigenvalue weighted by Crippen LogP contribution is 2.33. The third-order valence-corrected chi connectivity index (χ3v) is 6.82. The molecule has 2 bridgehead atoms. The molecule has 4 heterocycles. The third kappa shape index (κ3) is 4.57. The van der Waals surface area contributed by atoms with Crippen LogP contribution in [-0.4, -0.2) is 43.6 Å². The fraction of sp³-hybridized carbons (Fsp3) is 0.391. The zero-order chi connectivity index (χ0) is 20.9. The fourth-order valence-corrected chi connectivity index (χ4v) is 5.03. The summed E-state index contributed by atoms with van der Waals surface area (Å²) in [4.78, 5) is 27.9. The standard InChI is InChI=1S/C23H26N2O4S/c1-28-23(27)21-19(10-14-30-21)24-20(17-5-3-2-4-6-17)22(26)29-13-9-18-15-25-11-7-16(18)8-12-25/h2-6,9-10,13-14,16,18,20,24H,7-8,11-12,15H2,1H3. The summed E-state index contributed by atoms with van der Waals surface area (Å²) in [6.07, 6.45) is 6.00. The van der Waals surface area contributed by atoms with E-state index in [9.17, 15) is 9.59 Å². The molecule has 3 fully saturated rings. The number of benzene rings is 1. The second kappa shape index (κ2) is 9.45. The number of rotatable bonds is 7. The summed E-state index contributed by atoms with van der Waals surface area (Å²) in [5.74, 6) is 0.267. The van der Waals surface area contributed by atoms with Gasteiger partial charge in [-0.05, 0) is 60.9 Å². The first-order valence-corrected chi connectivity index (χ1v) is 11.1. The van der Waals surface area contributed by atoms with Gasteiger partial charge in [-0.2, -0.15) is 0 Å². The number of anilines is 1. The first-order valence-electron chi connectivity index (χ1n) is 10.2. The molecule has 0 amide bonds. The maximum absolute atomic E-state index is 13.0. The third-order valence-electron chi connectivity index (χ3n) is 5.92. The number of thiophene rings is 1. The lowest BCUT2D eigenvalue weighted by Gasteiger charge is -2.43. The topological polar surface area (TPSA) is 67.9 Å². The Balaban J connectivity index is 1.47. The predicted molar refractivity (Wildman–Crippen MR) is 116 cm³/mol. The molecule has 2 atom stereocenters. The van der Waals surface area contributed by atoms with Crippen LogP contribution in [0, 0.1) is 11.8 Å². The molecule has 2 aromatic rings. The van der Waals surface area contributed by atoms with E-state index >= 15 is 0 Å². The molecule has 5 rings (SSSR count). The summed E-state index contributed by atoms with van der Waals surface area (Å²) in [5, 5.41) is 4.95. The van der Waals surface area contributed by atoms with Crippen molar-refractivity contribution in [1.29, 1.82) is 0 Å². The Morgan fingerprint density at radius 2 is 1.97 bits per heavy atom. The van der Waals surface area contributed by atoms with Crippen LogP contribution in [0.4, 0.5) is 5.69 Å².